The first-order valence-electron chi connectivity index (χ1n) is 4.32. The van der Waals surface area contributed by atoms with Crippen molar-refractivity contribution >= 4 is 33.6 Å². The zero-order chi connectivity index (χ0) is 11.3. The van der Waals surface area contributed by atoms with E-state index in [2.05, 4.69) is 15.9 Å². The van der Waals surface area contributed by atoms with Crippen LogP contribution in [0, 0.1) is 0 Å². The number of thioether (sulfide) groups is 1. The highest BCUT2D eigenvalue weighted by Crippen LogP contribution is 2.26. The highest BCUT2D eigenvalue weighted by Gasteiger charge is 2.04. The monoisotopic (exact) mass is 289 g/mol. The molecule has 0 aliphatic rings. The Labute approximate surface area is 101 Å². The van der Waals surface area contributed by atoms with Crippen LogP contribution in [-0.2, 0) is 10.5 Å². The number of benzene rings is 1. The fraction of sp³-hybridized carbons (Fsp3) is 0.300. The van der Waals surface area contributed by atoms with E-state index < -0.39 is 0 Å². The van der Waals surface area contributed by atoms with E-state index >= 15 is 0 Å². The highest BCUT2D eigenvalue weighted by atomic mass is 79.9. The number of primary amides is 1. The van der Waals surface area contributed by atoms with Crippen LogP contribution in [0.3, 0.4) is 0 Å². The molecule has 0 bridgehead atoms. The molecule has 0 spiro atoms. The van der Waals surface area contributed by atoms with E-state index in [1.807, 2.05) is 18.2 Å². The van der Waals surface area contributed by atoms with Gasteiger partial charge in [-0.25, -0.2) is 0 Å². The second-order valence-corrected chi connectivity index (χ2v) is 4.82. The van der Waals surface area contributed by atoms with Gasteiger partial charge in [0.2, 0.25) is 5.91 Å². The Morgan fingerprint density at radius 2 is 2.33 bits per heavy atom. The third-order valence-corrected chi connectivity index (χ3v) is 3.24. The van der Waals surface area contributed by atoms with Gasteiger partial charge in [-0.15, -0.1) is 11.8 Å². The van der Waals surface area contributed by atoms with Crippen LogP contribution in [0.15, 0.2) is 22.7 Å². The van der Waals surface area contributed by atoms with Crippen molar-refractivity contribution in [1.29, 1.82) is 0 Å². The number of carbonyl (C=O) groups excluding carboxylic acids is 1. The normalized spacial score (nSPS) is 10.0. The SMILES string of the molecule is COc1ccc(Br)cc1CSCC(N)=O. The Morgan fingerprint density at radius 3 is 2.93 bits per heavy atom. The van der Waals surface area contributed by atoms with Crippen molar-refractivity contribution in [3.8, 4) is 5.75 Å². The molecule has 1 rings (SSSR count). The Kier molecular flexibility index (Phi) is 4.98. The molecule has 0 fully saturated rings. The minimum Gasteiger partial charge on any atom is -0.496 e. The number of rotatable bonds is 5. The van der Waals surface area contributed by atoms with Gasteiger partial charge in [0.1, 0.15) is 5.75 Å². The number of ether oxygens (including phenoxy) is 1. The molecule has 0 aromatic heterocycles. The number of methoxy groups -OCH3 is 1. The summed E-state index contributed by atoms with van der Waals surface area (Å²) in [5.74, 6) is 1.57. The number of amides is 1. The molecular formula is C10H12BrNO2S. The van der Waals surface area contributed by atoms with Crippen LogP contribution in [0.5, 0.6) is 5.75 Å². The number of carbonyl (C=O) groups is 1. The van der Waals surface area contributed by atoms with Crippen LogP contribution in [0.2, 0.25) is 0 Å². The smallest absolute Gasteiger partial charge is 0.227 e. The molecule has 1 amide bonds. The predicted molar refractivity (Wildman–Crippen MR) is 66.1 cm³/mol. The summed E-state index contributed by atoms with van der Waals surface area (Å²) in [4.78, 5) is 10.6. The number of nitrogens with two attached hydrogens (primary N) is 1. The third-order valence-electron chi connectivity index (χ3n) is 1.74. The summed E-state index contributed by atoms with van der Waals surface area (Å²) >= 11 is 4.87. The lowest BCUT2D eigenvalue weighted by molar-refractivity contribution is -0.115. The Morgan fingerprint density at radius 1 is 1.60 bits per heavy atom. The van der Waals surface area contributed by atoms with E-state index in [9.17, 15) is 4.79 Å². The number of hydrogen-bond donors (Lipinski definition) is 1. The van der Waals surface area contributed by atoms with Crippen LogP contribution in [-0.4, -0.2) is 18.8 Å². The molecule has 1 aromatic rings. The predicted octanol–water partition coefficient (Wildman–Crippen LogP) is 2.18. The third kappa shape index (κ3) is 4.13. The molecule has 0 atom stereocenters. The van der Waals surface area contributed by atoms with Crippen molar-refractivity contribution in [3.63, 3.8) is 0 Å². The van der Waals surface area contributed by atoms with Gasteiger partial charge in [0.25, 0.3) is 0 Å². The summed E-state index contributed by atoms with van der Waals surface area (Å²) in [5.41, 5.74) is 6.11. The van der Waals surface area contributed by atoms with Gasteiger partial charge < -0.3 is 10.5 Å². The zero-order valence-corrected chi connectivity index (χ0v) is 10.7. The topological polar surface area (TPSA) is 52.3 Å². The average Bonchev–Trinajstić information content (AvgIpc) is 2.17. The molecule has 3 nitrogen and oxygen atoms in total. The van der Waals surface area contributed by atoms with E-state index in [1.165, 1.54) is 11.8 Å². The van der Waals surface area contributed by atoms with Gasteiger partial charge in [-0.1, -0.05) is 15.9 Å². The molecule has 5 heteroatoms. The summed E-state index contributed by atoms with van der Waals surface area (Å²) in [6, 6.07) is 5.79. The van der Waals surface area contributed by atoms with Gasteiger partial charge >= 0.3 is 0 Å². The minimum absolute atomic E-state index is 0.297. The lowest BCUT2D eigenvalue weighted by Crippen LogP contribution is -2.13. The van der Waals surface area contributed by atoms with Crippen LogP contribution >= 0.6 is 27.7 Å². The maximum Gasteiger partial charge on any atom is 0.227 e. The van der Waals surface area contributed by atoms with Gasteiger partial charge in [-0.05, 0) is 18.2 Å². The largest absolute Gasteiger partial charge is 0.496 e. The van der Waals surface area contributed by atoms with Crippen LogP contribution in [0.25, 0.3) is 0 Å². The number of halogens is 1. The van der Waals surface area contributed by atoms with E-state index in [1.54, 1.807) is 7.11 Å². The molecular weight excluding hydrogens is 278 g/mol. The standard InChI is InChI=1S/C10H12BrNO2S/c1-14-9-3-2-8(11)4-7(9)5-15-6-10(12)13/h2-4H,5-6H2,1H3,(H2,12,13). The molecule has 1 aromatic carbocycles. The van der Waals surface area contributed by atoms with Crippen molar-refractivity contribution in [2.24, 2.45) is 5.73 Å². The molecule has 2 N–H and O–H groups in total. The van der Waals surface area contributed by atoms with Crippen LogP contribution in [0.4, 0.5) is 0 Å². The Hall–Kier alpha value is -0.680. The summed E-state index contributed by atoms with van der Waals surface area (Å²) in [7, 11) is 1.63. The molecule has 0 heterocycles. The quantitative estimate of drug-likeness (QED) is 0.904. The fourth-order valence-electron chi connectivity index (χ4n) is 1.12. The summed E-state index contributed by atoms with van der Waals surface area (Å²) in [5, 5.41) is 0. The summed E-state index contributed by atoms with van der Waals surface area (Å²) < 4.78 is 6.21. The lowest BCUT2D eigenvalue weighted by Gasteiger charge is -2.07. The van der Waals surface area contributed by atoms with Gasteiger partial charge in [0.05, 0.1) is 12.9 Å². The van der Waals surface area contributed by atoms with E-state index in [0.717, 1.165) is 15.8 Å². The van der Waals surface area contributed by atoms with Crippen molar-refractivity contribution in [1.82, 2.24) is 0 Å². The van der Waals surface area contributed by atoms with Crippen molar-refractivity contribution < 1.29 is 9.53 Å². The van der Waals surface area contributed by atoms with Gasteiger partial charge in [-0.2, -0.15) is 0 Å². The minimum atomic E-state index is -0.297. The molecule has 0 radical (unpaired) electrons. The van der Waals surface area contributed by atoms with Crippen molar-refractivity contribution in [2.45, 2.75) is 5.75 Å². The molecule has 0 saturated carbocycles. The van der Waals surface area contributed by atoms with Crippen LogP contribution < -0.4 is 10.5 Å². The van der Waals surface area contributed by atoms with Crippen LogP contribution in [0.1, 0.15) is 5.56 Å². The molecule has 0 saturated heterocycles. The maximum atomic E-state index is 10.6. The highest BCUT2D eigenvalue weighted by molar-refractivity contribution is 9.10. The Bertz CT molecular complexity index is 357. The first-order valence-corrected chi connectivity index (χ1v) is 6.26. The van der Waals surface area contributed by atoms with Crippen molar-refractivity contribution in [2.75, 3.05) is 12.9 Å². The van der Waals surface area contributed by atoms with Crippen molar-refractivity contribution in [3.05, 3.63) is 28.2 Å². The molecule has 15 heavy (non-hydrogen) atoms. The second-order valence-electron chi connectivity index (χ2n) is 2.92. The van der Waals surface area contributed by atoms with E-state index in [0.29, 0.717) is 11.5 Å². The first kappa shape index (κ1) is 12.4. The van der Waals surface area contributed by atoms with Gasteiger partial charge in [0, 0.05) is 15.8 Å². The van der Waals surface area contributed by atoms with Gasteiger partial charge in [0.15, 0.2) is 0 Å². The first-order chi connectivity index (χ1) is 7.13. The second kappa shape index (κ2) is 6.02. The number of hydrogen-bond acceptors (Lipinski definition) is 3. The fourth-order valence-corrected chi connectivity index (χ4v) is 2.28. The summed E-state index contributed by atoms with van der Waals surface area (Å²) in [6.07, 6.45) is 0. The maximum absolute atomic E-state index is 10.6. The van der Waals surface area contributed by atoms with E-state index in [-0.39, 0.29) is 5.91 Å². The van der Waals surface area contributed by atoms with E-state index in [4.69, 9.17) is 10.5 Å². The average molecular weight is 290 g/mol. The Balaban J connectivity index is 2.65. The molecule has 0 unspecified atom stereocenters. The molecule has 0 aliphatic carbocycles. The lowest BCUT2D eigenvalue weighted by atomic mass is 10.2. The molecule has 82 valence electrons. The summed E-state index contributed by atoms with van der Waals surface area (Å²) in [6.45, 7) is 0. The van der Waals surface area contributed by atoms with Gasteiger partial charge in [-0.3, -0.25) is 4.79 Å². The zero-order valence-electron chi connectivity index (χ0n) is 8.33. The molecule has 0 aliphatic heterocycles.